The maximum absolute atomic E-state index is 12.5. The van der Waals surface area contributed by atoms with Crippen molar-refractivity contribution in [1.82, 2.24) is 4.90 Å². The van der Waals surface area contributed by atoms with Gasteiger partial charge >= 0.3 is 0 Å². The summed E-state index contributed by atoms with van der Waals surface area (Å²) in [6.07, 6.45) is 2.39. The van der Waals surface area contributed by atoms with E-state index in [1.807, 2.05) is 6.92 Å². The quantitative estimate of drug-likeness (QED) is 0.572. The van der Waals surface area contributed by atoms with Gasteiger partial charge in [-0.05, 0) is 24.6 Å². The number of aliphatic carboxylic acids is 1. The lowest BCUT2D eigenvalue weighted by atomic mass is 10.1. The molecule has 0 aliphatic carbocycles. The molecule has 4 nitrogen and oxygen atoms in total. The number of carboxylic acids is 1. The van der Waals surface area contributed by atoms with Crippen molar-refractivity contribution in [3.8, 4) is 0 Å². The zero-order valence-electron chi connectivity index (χ0n) is 12.0. The Morgan fingerprint density at radius 1 is 1.43 bits per heavy atom. The van der Waals surface area contributed by atoms with Gasteiger partial charge in [0.05, 0.1) is 16.9 Å². The average Bonchev–Trinajstić information content (AvgIpc) is 2.75. The van der Waals surface area contributed by atoms with Gasteiger partial charge in [0.15, 0.2) is 0 Å². The van der Waals surface area contributed by atoms with Crippen molar-refractivity contribution >= 4 is 69.5 Å². The molecule has 0 unspecified atom stereocenters. The van der Waals surface area contributed by atoms with E-state index in [4.69, 9.17) is 35.4 Å². The largest absolute Gasteiger partial charge is 0.548 e. The van der Waals surface area contributed by atoms with E-state index >= 15 is 0 Å². The van der Waals surface area contributed by atoms with Gasteiger partial charge in [-0.15, -0.1) is 0 Å². The molecule has 0 aromatic heterocycles. The minimum atomic E-state index is -1.32. The van der Waals surface area contributed by atoms with Gasteiger partial charge in [-0.2, -0.15) is 0 Å². The second-order valence-electron chi connectivity index (χ2n) is 4.81. The molecule has 2 rings (SSSR count). The van der Waals surface area contributed by atoms with Crippen LogP contribution in [-0.2, 0) is 9.59 Å². The van der Waals surface area contributed by atoms with Crippen LogP contribution in [0, 0.1) is 0 Å². The van der Waals surface area contributed by atoms with Crippen molar-refractivity contribution in [1.29, 1.82) is 0 Å². The smallest absolute Gasteiger partial charge is 0.266 e. The van der Waals surface area contributed by atoms with Gasteiger partial charge in [0.1, 0.15) is 4.32 Å². The number of amides is 1. The van der Waals surface area contributed by atoms with Crippen molar-refractivity contribution < 1.29 is 14.7 Å². The Labute approximate surface area is 153 Å². The summed E-state index contributed by atoms with van der Waals surface area (Å²) in [4.78, 5) is 25.2. The lowest BCUT2D eigenvalue weighted by Crippen LogP contribution is -2.49. The highest BCUT2D eigenvalue weighted by Crippen LogP contribution is 2.37. The van der Waals surface area contributed by atoms with Crippen LogP contribution in [0.15, 0.2) is 23.1 Å². The lowest BCUT2D eigenvalue weighted by molar-refractivity contribution is -0.310. The maximum atomic E-state index is 12.5. The summed E-state index contributed by atoms with van der Waals surface area (Å²) in [7, 11) is 0. The molecule has 1 heterocycles. The molecule has 1 aliphatic heterocycles. The van der Waals surface area contributed by atoms with Crippen molar-refractivity contribution in [2.75, 3.05) is 0 Å². The highest BCUT2D eigenvalue weighted by Gasteiger charge is 2.37. The van der Waals surface area contributed by atoms with E-state index in [1.165, 1.54) is 6.08 Å². The number of carbonyl (C=O) groups excluding carboxylic acids is 2. The predicted molar refractivity (Wildman–Crippen MR) is 95.2 cm³/mol. The number of hydrogen-bond acceptors (Lipinski definition) is 5. The first-order valence-corrected chi connectivity index (χ1v) is 8.76. The highest BCUT2D eigenvalue weighted by molar-refractivity contribution is 8.26. The summed E-state index contributed by atoms with van der Waals surface area (Å²) in [6, 6.07) is 3.93. The summed E-state index contributed by atoms with van der Waals surface area (Å²) in [6.45, 7) is 1.83. The van der Waals surface area contributed by atoms with E-state index in [1.54, 1.807) is 18.2 Å². The van der Waals surface area contributed by atoms with Crippen molar-refractivity contribution in [2.45, 2.75) is 25.8 Å². The molecule has 0 saturated carbocycles. The standard InChI is InChI=1S/C15H13Cl2NO3S2/c1-2-4-11(14(20)21)18-13(19)12(23-15(18)22)7-8-9(16)5-3-6-10(8)17/h3,5-7,11H,2,4H2,1H3,(H,20,21)/p-1/b12-7-/t11-/m0/s1. The van der Waals surface area contributed by atoms with Gasteiger partial charge in [-0.3, -0.25) is 9.69 Å². The SMILES string of the molecule is CCC[C@@H](C(=O)[O-])N1C(=O)/C(=C/c2c(Cl)cccc2Cl)SC1=S. The number of rotatable bonds is 5. The second-order valence-corrected chi connectivity index (χ2v) is 7.30. The first-order chi connectivity index (χ1) is 10.9. The summed E-state index contributed by atoms with van der Waals surface area (Å²) in [5, 5.41) is 12.1. The van der Waals surface area contributed by atoms with Gasteiger partial charge in [-0.1, -0.05) is 66.6 Å². The molecule has 1 fully saturated rings. The minimum absolute atomic E-state index is 0.187. The third-order valence-corrected chi connectivity index (χ3v) is 5.23. The molecule has 1 saturated heterocycles. The van der Waals surface area contributed by atoms with Crippen LogP contribution < -0.4 is 5.11 Å². The summed E-state index contributed by atoms with van der Waals surface area (Å²) < 4.78 is 0.187. The highest BCUT2D eigenvalue weighted by atomic mass is 35.5. The van der Waals surface area contributed by atoms with E-state index in [9.17, 15) is 14.7 Å². The monoisotopic (exact) mass is 388 g/mol. The Kier molecular flexibility index (Phi) is 6.08. The van der Waals surface area contributed by atoms with Gasteiger partial charge in [0.25, 0.3) is 5.91 Å². The zero-order chi connectivity index (χ0) is 17.1. The number of carboxylic acid groups (broad SMARTS) is 1. The number of carbonyl (C=O) groups is 2. The fourth-order valence-electron chi connectivity index (χ4n) is 2.15. The van der Waals surface area contributed by atoms with Crippen LogP contribution in [0.2, 0.25) is 10.0 Å². The van der Waals surface area contributed by atoms with E-state index in [0.29, 0.717) is 22.0 Å². The molecule has 8 heteroatoms. The molecule has 23 heavy (non-hydrogen) atoms. The van der Waals surface area contributed by atoms with E-state index in [0.717, 1.165) is 16.7 Å². The number of thiocarbonyl (C=S) groups is 1. The van der Waals surface area contributed by atoms with E-state index in [-0.39, 0.29) is 15.6 Å². The lowest BCUT2D eigenvalue weighted by Gasteiger charge is -2.27. The van der Waals surface area contributed by atoms with Crippen LogP contribution in [0.25, 0.3) is 6.08 Å². The number of thioether (sulfide) groups is 1. The van der Waals surface area contributed by atoms with Crippen LogP contribution >= 0.6 is 47.2 Å². The van der Waals surface area contributed by atoms with E-state index in [2.05, 4.69) is 0 Å². The second kappa shape index (κ2) is 7.66. The Morgan fingerprint density at radius 2 is 2.04 bits per heavy atom. The molecule has 1 aliphatic rings. The molecule has 0 spiro atoms. The number of halogens is 2. The predicted octanol–water partition coefficient (Wildman–Crippen LogP) is 3.11. The molecule has 0 radical (unpaired) electrons. The van der Waals surface area contributed by atoms with Gasteiger partial charge < -0.3 is 9.90 Å². The Hall–Kier alpha value is -1.08. The molecule has 1 aromatic rings. The molecular formula is C15H12Cl2NO3S2-. The maximum Gasteiger partial charge on any atom is 0.266 e. The molecular weight excluding hydrogens is 377 g/mol. The molecule has 0 bridgehead atoms. The van der Waals surface area contributed by atoms with Crippen LogP contribution in [0.5, 0.6) is 0 Å². The third-order valence-electron chi connectivity index (χ3n) is 3.24. The van der Waals surface area contributed by atoms with Crippen LogP contribution in [0.4, 0.5) is 0 Å². The normalized spacial score (nSPS) is 17.9. The van der Waals surface area contributed by atoms with E-state index < -0.39 is 17.9 Å². The topological polar surface area (TPSA) is 60.4 Å². The van der Waals surface area contributed by atoms with Crippen molar-refractivity contribution in [2.24, 2.45) is 0 Å². The summed E-state index contributed by atoms with van der Waals surface area (Å²) in [5.74, 6) is -1.79. The summed E-state index contributed by atoms with van der Waals surface area (Å²) in [5.41, 5.74) is 0.497. The third kappa shape index (κ3) is 3.88. The zero-order valence-corrected chi connectivity index (χ0v) is 15.2. The number of nitrogens with zero attached hydrogens (tertiary/aromatic N) is 1. The van der Waals surface area contributed by atoms with Crippen LogP contribution in [-0.4, -0.2) is 27.1 Å². The van der Waals surface area contributed by atoms with Gasteiger partial charge in [0.2, 0.25) is 0 Å². The van der Waals surface area contributed by atoms with Crippen molar-refractivity contribution in [3.63, 3.8) is 0 Å². The molecule has 122 valence electrons. The van der Waals surface area contributed by atoms with Crippen molar-refractivity contribution in [3.05, 3.63) is 38.7 Å². The Balaban J connectivity index is 2.38. The average molecular weight is 389 g/mol. The molecule has 1 aromatic carbocycles. The fourth-order valence-corrected chi connectivity index (χ4v) is 4.00. The Morgan fingerprint density at radius 3 is 2.57 bits per heavy atom. The number of hydrogen-bond donors (Lipinski definition) is 0. The first-order valence-electron chi connectivity index (χ1n) is 6.78. The molecule has 1 amide bonds. The summed E-state index contributed by atoms with van der Waals surface area (Å²) >= 11 is 18.4. The number of benzene rings is 1. The van der Waals surface area contributed by atoms with Crippen LogP contribution in [0.1, 0.15) is 25.3 Å². The van der Waals surface area contributed by atoms with Gasteiger partial charge in [0, 0.05) is 15.6 Å². The van der Waals surface area contributed by atoms with Crippen LogP contribution in [0.3, 0.4) is 0 Å². The molecule has 0 N–H and O–H groups in total. The molecule has 1 atom stereocenters. The first kappa shape index (κ1) is 18.3. The van der Waals surface area contributed by atoms with Gasteiger partial charge in [-0.25, -0.2) is 0 Å². The fraction of sp³-hybridized carbons (Fsp3) is 0.267. The Bertz CT molecular complexity index is 686. The minimum Gasteiger partial charge on any atom is -0.548 e.